The van der Waals surface area contributed by atoms with E-state index in [0.29, 0.717) is 18.3 Å². The Morgan fingerprint density at radius 1 is 1.00 bits per heavy atom. The highest BCUT2D eigenvalue weighted by atomic mass is 16.6. The second kappa shape index (κ2) is 11.7. The van der Waals surface area contributed by atoms with Crippen LogP contribution >= 0.6 is 0 Å². The van der Waals surface area contributed by atoms with Gasteiger partial charge in [-0.2, -0.15) is 5.10 Å². The smallest absolute Gasteiger partial charge is 0.409 e. The molecule has 0 radical (unpaired) electrons. The number of hydrogen-bond acceptors (Lipinski definition) is 4. The number of piperidine rings is 1. The van der Waals surface area contributed by atoms with Crippen molar-refractivity contribution in [2.24, 2.45) is 5.92 Å². The lowest BCUT2D eigenvalue weighted by Gasteiger charge is -2.31. The number of urea groups is 1. The van der Waals surface area contributed by atoms with Crippen molar-refractivity contribution in [3.63, 3.8) is 0 Å². The van der Waals surface area contributed by atoms with Gasteiger partial charge in [0.2, 0.25) is 0 Å². The highest BCUT2D eigenvalue weighted by Crippen LogP contribution is 2.27. The summed E-state index contributed by atoms with van der Waals surface area (Å²) in [5.74, 6) is 1.14. The highest BCUT2D eigenvalue weighted by molar-refractivity contribution is 5.99. The molecule has 3 amide bonds. The second-order valence-electron chi connectivity index (χ2n) is 11.0. The van der Waals surface area contributed by atoms with Crippen LogP contribution in [-0.4, -0.2) is 46.5 Å². The number of rotatable bonds is 6. The van der Waals surface area contributed by atoms with Gasteiger partial charge >= 0.3 is 12.1 Å². The maximum Gasteiger partial charge on any atom is 0.409 e. The zero-order valence-corrected chi connectivity index (χ0v) is 23.1. The van der Waals surface area contributed by atoms with Crippen LogP contribution in [0.4, 0.5) is 21.1 Å². The molecule has 0 atom stereocenters. The quantitative estimate of drug-likeness (QED) is 0.389. The van der Waals surface area contributed by atoms with E-state index in [1.807, 2.05) is 56.3 Å². The van der Waals surface area contributed by atoms with Gasteiger partial charge in [-0.15, -0.1) is 0 Å². The predicted octanol–water partition coefficient (Wildman–Crippen LogP) is 6.53. The van der Waals surface area contributed by atoms with E-state index in [2.05, 4.69) is 43.5 Å². The number of likely N-dealkylation sites (tertiary alicyclic amines) is 1. The van der Waals surface area contributed by atoms with Crippen molar-refractivity contribution in [2.45, 2.75) is 59.3 Å². The Labute approximate surface area is 225 Å². The molecule has 8 heteroatoms. The monoisotopic (exact) mass is 517 g/mol. The number of nitrogens with one attached hydrogen (secondary N) is 2. The Hall–Kier alpha value is -3.81. The molecular weight excluding hydrogens is 478 g/mol. The van der Waals surface area contributed by atoms with Crippen molar-refractivity contribution in [3.05, 3.63) is 71.4 Å². The van der Waals surface area contributed by atoms with E-state index in [1.165, 1.54) is 5.56 Å². The van der Waals surface area contributed by atoms with Crippen LogP contribution in [0.3, 0.4) is 0 Å². The summed E-state index contributed by atoms with van der Waals surface area (Å²) in [6.07, 6.45) is 2.67. The van der Waals surface area contributed by atoms with Gasteiger partial charge in [0.05, 0.1) is 18.0 Å². The van der Waals surface area contributed by atoms with Gasteiger partial charge in [-0.25, -0.2) is 14.3 Å². The van der Waals surface area contributed by atoms with Crippen LogP contribution in [0, 0.1) is 12.8 Å². The Morgan fingerprint density at radius 3 is 2.26 bits per heavy atom. The van der Waals surface area contributed by atoms with Crippen molar-refractivity contribution in [1.82, 2.24) is 14.7 Å². The van der Waals surface area contributed by atoms with Gasteiger partial charge in [0.15, 0.2) is 0 Å². The van der Waals surface area contributed by atoms with E-state index in [-0.39, 0.29) is 17.5 Å². The number of ether oxygens (including phenoxy) is 1. The van der Waals surface area contributed by atoms with Crippen LogP contribution in [0.15, 0.2) is 54.6 Å². The summed E-state index contributed by atoms with van der Waals surface area (Å²) in [4.78, 5) is 26.6. The zero-order valence-electron chi connectivity index (χ0n) is 23.1. The summed E-state index contributed by atoms with van der Waals surface area (Å²) in [6, 6.07) is 17.6. The van der Waals surface area contributed by atoms with Gasteiger partial charge in [-0.3, -0.25) is 5.32 Å². The van der Waals surface area contributed by atoms with Crippen molar-refractivity contribution in [1.29, 1.82) is 0 Å². The fourth-order valence-electron chi connectivity index (χ4n) is 4.59. The van der Waals surface area contributed by atoms with Crippen molar-refractivity contribution < 1.29 is 14.3 Å². The summed E-state index contributed by atoms with van der Waals surface area (Å²) in [5.41, 5.74) is 4.73. The lowest BCUT2D eigenvalue weighted by molar-refractivity contribution is 0.0918. The third kappa shape index (κ3) is 6.94. The molecule has 1 aliphatic heterocycles. The summed E-state index contributed by atoms with van der Waals surface area (Å²) in [7, 11) is 0. The minimum atomic E-state index is -0.321. The molecule has 8 nitrogen and oxygen atoms in total. The van der Waals surface area contributed by atoms with E-state index in [0.717, 1.165) is 55.0 Å². The Kier molecular flexibility index (Phi) is 8.39. The minimum Gasteiger partial charge on any atom is -0.450 e. The predicted molar refractivity (Wildman–Crippen MR) is 151 cm³/mol. The second-order valence-corrected chi connectivity index (χ2v) is 11.0. The van der Waals surface area contributed by atoms with Gasteiger partial charge in [0.25, 0.3) is 0 Å². The number of anilines is 2. The highest BCUT2D eigenvalue weighted by Gasteiger charge is 2.24. The van der Waals surface area contributed by atoms with Crippen LogP contribution in [0.2, 0.25) is 0 Å². The number of carbonyl (C=O) groups is 2. The molecular formula is C30H39N5O3. The minimum absolute atomic E-state index is 0.159. The number of aryl methyl sites for hydroxylation is 1. The van der Waals surface area contributed by atoms with Gasteiger partial charge < -0.3 is 15.0 Å². The molecule has 0 unspecified atom stereocenters. The molecule has 3 aromatic rings. The van der Waals surface area contributed by atoms with Gasteiger partial charge in [0, 0.05) is 30.3 Å². The molecule has 202 valence electrons. The average Bonchev–Trinajstić information content (AvgIpc) is 3.30. The zero-order chi connectivity index (χ0) is 27.3. The number of aromatic nitrogens is 2. The van der Waals surface area contributed by atoms with E-state index < -0.39 is 0 Å². The normalized spacial score (nSPS) is 14.3. The standard InChI is InChI=1S/C30H39N5O3/c1-6-38-29(37)34-17-15-23(16-18-34)19-22-9-11-24(12-10-22)31-28(36)32-27-20-26(30(3,4)5)33-35(27)25-13-7-21(2)8-14-25/h7-14,20,23H,6,15-19H2,1-5H3,(H2,31,32,36). The molecule has 0 spiro atoms. The summed E-state index contributed by atoms with van der Waals surface area (Å²) >= 11 is 0. The van der Waals surface area contributed by atoms with E-state index in [4.69, 9.17) is 9.84 Å². The molecule has 1 aliphatic rings. The molecule has 38 heavy (non-hydrogen) atoms. The number of carbonyl (C=O) groups excluding carboxylic acids is 2. The molecule has 2 aromatic carbocycles. The first-order valence-corrected chi connectivity index (χ1v) is 13.4. The lowest BCUT2D eigenvalue weighted by atomic mass is 9.90. The number of benzene rings is 2. The van der Waals surface area contributed by atoms with E-state index >= 15 is 0 Å². The average molecular weight is 518 g/mol. The van der Waals surface area contributed by atoms with E-state index in [9.17, 15) is 9.59 Å². The maximum absolute atomic E-state index is 12.9. The first kappa shape index (κ1) is 27.2. The first-order valence-electron chi connectivity index (χ1n) is 13.4. The third-order valence-corrected chi connectivity index (χ3v) is 6.87. The van der Waals surface area contributed by atoms with Crippen molar-refractivity contribution in [3.8, 4) is 5.69 Å². The van der Waals surface area contributed by atoms with Crippen LogP contribution in [0.5, 0.6) is 0 Å². The molecule has 0 bridgehead atoms. The summed E-state index contributed by atoms with van der Waals surface area (Å²) < 4.78 is 6.88. The largest absolute Gasteiger partial charge is 0.450 e. The molecule has 1 fully saturated rings. The van der Waals surface area contributed by atoms with Gasteiger partial charge in [-0.05, 0) is 68.9 Å². The number of hydrogen-bond donors (Lipinski definition) is 2. The molecule has 2 heterocycles. The molecule has 1 aromatic heterocycles. The molecule has 0 aliphatic carbocycles. The van der Waals surface area contributed by atoms with Crippen LogP contribution in [0.1, 0.15) is 57.4 Å². The van der Waals surface area contributed by atoms with Crippen molar-refractivity contribution >= 4 is 23.6 Å². The molecule has 2 N–H and O–H groups in total. The third-order valence-electron chi connectivity index (χ3n) is 6.87. The fraction of sp³-hybridized carbons (Fsp3) is 0.433. The topological polar surface area (TPSA) is 88.5 Å². The number of nitrogens with zero attached hydrogens (tertiary/aromatic N) is 3. The lowest BCUT2D eigenvalue weighted by Crippen LogP contribution is -2.39. The Bertz CT molecular complexity index is 1230. The Morgan fingerprint density at radius 2 is 1.66 bits per heavy atom. The first-order chi connectivity index (χ1) is 18.1. The SMILES string of the molecule is CCOC(=O)N1CCC(Cc2ccc(NC(=O)Nc3cc(C(C)(C)C)nn3-c3ccc(C)cc3)cc2)CC1. The number of amides is 3. The summed E-state index contributed by atoms with van der Waals surface area (Å²) in [6.45, 7) is 12.1. The van der Waals surface area contributed by atoms with Crippen LogP contribution in [-0.2, 0) is 16.6 Å². The van der Waals surface area contributed by atoms with Gasteiger partial charge in [-0.1, -0.05) is 50.6 Å². The van der Waals surface area contributed by atoms with E-state index in [1.54, 1.807) is 9.58 Å². The fourth-order valence-corrected chi connectivity index (χ4v) is 4.59. The van der Waals surface area contributed by atoms with Crippen molar-refractivity contribution in [2.75, 3.05) is 30.3 Å². The molecule has 1 saturated heterocycles. The maximum atomic E-state index is 12.9. The summed E-state index contributed by atoms with van der Waals surface area (Å²) in [5, 5.41) is 10.7. The van der Waals surface area contributed by atoms with Gasteiger partial charge in [0.1, 0.15) is 5.82 Å². The molecule has 4 rings (SSSR count). The van der Waals surface area contributed by atoms with Crippen LogP contribution < -0.4 is 10.6 Å². The Balaban J connectivity index is 1.36. The van der Waals surface area contributed by atoms with Crippen LogP contribution in [0.25, 0.3) is 5.69 Å². The molecule has 0 saturated carbocycles.